The van der Waals surface area contributed by atoms with Crippen molar-refractivity contribution in [2.75, 3.05) is 14.1 Å². The van der Waals surface area contributed by atoms with Crippen molar-refractivity contribution in [3.05, 3.63) is 12.2 Å². The topological polar surface area (TPSA) is 57.6 Å². The van der Waals surface area contributed by atoms with Crippen LogP contribution in [0.4, 0.5) is 0 Å². The summed E-state index contributed by atoms with van der Waals surface area (Å²) in [5.41, 5.74) is 0. The number of carbonyl (C=O) groups is 2. The number of rotatable bonds is 5. The summed E-state index contributed by atoms with van der Waals surface area (Å²) >= 11 is 0. The summed E-state index contributed by atoms with van der Waals surface area (Å²) < 4.78 is 0. The predicted octanol–water partition coefficient (Wildman–Crippen LogP) is 0.886. The number of likely N-dealkylation sites (N-methyl/N-ethyl adjacent to an activating group) is 1. The number of hydrogen-bond donors (Lipinski definition) is 1. The Morgan fingerprint density at radius 1 is 1.38 bits per heavy atom. The first-order valence-electron chi connectivity index (χ1n) is 4.13. The number of carboxylic acid groups (broad SMARTS) is 1. The molecule has 0 saturated carbocycles. The Bertz CT molecular complexity index is 209. The molecule has 0 aromatic carbocycles. The summed E-state index contributed by atoms with van der Waals surface area (Å²) in [7, 11) is 3.34. The quantitative estimate of drug-likeness (QED) is 0.511. The minimum absolute atomic E-state index is 0.0738. The molecule has 0 aliphatic heterocycles. The summed E-state index contributed by atoms with van der Waals surface area (Å²) in [5, 5.41) is 8.31. The third kappa shape index (κ3) is 7.05. The molecule has 0 heterocycles. The number of hydrogen-bond acceptors (Lipinski definition) is 2. The molecule has 0 aromatic rings. The first-order valence-corrected chi connectivity index (χ1v) is 4.13. The van der Waals surface area contributed by atoms with Gasteiger partial charge in [-0.15, -0.1) is 0 Å². The van der Waals surface area contributed by atoms with Crippen LogP contribution in [-0.4, -0.2) is 36.0 Å². The SMILES string of the molecule is CN(C)C(=O)/C=C/CCCC(=O)O. The fourth-order valence-corrected chi connectivity index (χ4v) is 0.704. The molecule has 0 unspecified atom stereocenters. The Kier molecular flexibility index (Phi) is 5.59. The molecule has 0 bridgehead atoms. The zero-order valence-corrected chi connectivity index (χ0v) is 7.99. The van der Waals surface area contributed by atoms with E-state index in [9.17, 15) is 9.59 Å². The van der Waals surface area contributed by atoms with Gasteiger partial charge in [-0.2, -0.15) is 0 Å². The van der Waals surface area contributed by atoms with Gasteiger partial charge in [-0.05, 0) is 18.9 Å². The molecule has 0 spiro atoms. The highest BCUT2D eigenvalue weighted by atomic mass is 16.4. The van der Waals surface area contributed by atoms with Crippen LogP contribution in [0, 0.1) is 0 Å². The molecule has 0 aromatic heterocycles. The average Bonchev–Trinajstić information content (AvgIpc) is 2.02. The molecule has 0 atom stereocenters. The van der Waals surface area contributed by atoms with Crippen LogP contribution < -0.4 is 0 Å². The van der Waals surface area contributed by atoms with Gasteiger partial charge < -0.3 is 10.0 Å². The van der Waals surface area contributed by atoms with Crippen LogP contribution in [0.3, 0.4) is 0 Å². The molecule has 74 valence electrons. The molecule has 0 aliphatic rings. The van der Waals surface area contributed by atoms with Crippen LogP contribution in [0.15, 0.2) is 12.2 Å². The smallest absolute Gasteiger partial charge is 0.303 e. The lowest BCUT2D eigenvalue weighted by molar-refractivity contribution is -0.137. The third-order valence-corrected chi connectivity index (χ3v) is 1.46. The Labute approximate surface area is 77.8 Å². The lowest BCUT2D eigenvalue weighted by atomic mass is 10.2. The lowest BCUT2D eigenvalue weighted by Gasteiger charge is -2.04. The van der Waals surface area contributed by atoms with Crippen LogP contribution in [0.5, 0.6) is 0 Å². The van der Waals surface area contributed by atoms with Gasteiger partial charge in [-0.3, -0.25) is 9.59 Å². The van der Waals surface area contributed by atoms with Crippen molar-refractivity contribution in [2.45, 2.75) is 19.3 Å². The summed E-state index contributed by atoms with van der Waals surface area (Å²) in [6, 6.07) is 0. The highest BCUT2D eigenvalue weighted by Gasteiger charge is 1.97. The maximum atomic E-state index is 11.0. The van der Waals surface area contributed by atoms with Gasteiger partial charge in [0.1, 0.15) is 0 Å². The largest absolute Gasteiger partial charge is 0.481 e. The van der Waals surface area contributed by atoms with E-state index in [1.54, 1.807) is 20.2 Å². The van der Waals surface area contributed by atoms with E-state index in [0.717, 1.165) is 0 Å². The first kappa shape index (κ1) is 11.7. The number of aliphatic carboxylic acids is 1. The standard InChI is InChI=1S/C9H15NO3/c1-10(2)8(11)6-4-3-5-7-9(12)13/h4,6H,3,5,7H2,1-2H3,(H,12,13)/b6-4+. The van der Waals surface area contributed by atoms with Crippen molar-refractivity contribution in [2.24, 2.45) is 0 Å². The highest BCUT2D eigenvalue weighted by molar-refractivity contribution is 5.87. The summed E-state index contributed by atoms with van der Waals surface area (Å²) in [6.45, 7) is 0. The minimum atomic E-state index is -0.799. The molecular weight excluding hydrogens is 170 g/mol. The molecule has 1 amide bonds. The monoisotopic (exact) mass is 185 g/mol. The van der Waals surface area contributed by atoms with E-state index in [1.807, 2.05) is 0 Å². The molecule has 1 N–H and O–H groups in total. The second-order valence-corrected chi connectivity index (χ2v) is 2.92. The van der Waals surface area contributed by atoms with Crippen molar-refractivity contribution < 1.29 is 14.7 Å². The van der Waals surface area contributed by atoms with Gasteiger partial charge >= 0.3 is 5.97 Å². The molecule has 0 fully saturated rings. The maximum absolute atomic E-state index is 11.0. The van der Waals surface area contributed by atoms with E-state index >= 15 is 0 Å². The molecule has 0 saturated heterocycles. The summed E-state index contributed by atoms with van der Waals surface area (Å²) in [5.74, 6) is -0.873. The van der Waals surface area contributed by atoms with E-state index in [0.29, 0.717) is 12.8 Å². The van der Waals surface area contributed by atoms with Crippen LogP contribution >= 0.6 is 0 Å². The van der Waals surface area contributed by atoms with Crippen LogP contribution in [0.2, 0.25) is 0 Å². The number of unbranched alkanes of at least 4 members (excludes halogenated alkanes) is 1. The molecular formula is C9H15NO3. The maximum Gasteiger partial charge on any atom is 0.303 e. The van der Waals surface area contributed by atoms with E-state index in [1.165, 1.54) is 11.0 Å². The van der Waals surface area contributed by atoms with Crippen molar-refractivity contribution in [3.8, 4) is 0 Å². The van der Waals surface area contributed by atoms with Gasteiger partial charge in [0, 0.05) is 20.5 Å². The molecule has 13 heavy (non-hydrogen) atoms. The molecule has 0 radical (unpaired) electrons. The van der Waals surface area contributed by atoms with Crippen LogP contribution in [0.1, 0.15) is 19.3 Å². The Morgan fingerprint density at radius 2 is 2.00 bits per heavy atom. The van der Waals surface area contributed by atoms with Gasteiger partial charge in [0.05, 0.1) is 0 Å². The van der Waals surface area contributed by atoms with E-state index in [4.69, 9.17) is 5.11 Å². The Hall–Kier alpha value is -1.32. The Balaban J connectivity index is 3.52. The first-order chi connectivity index (χ1) is 6.04. The van der Waals surface area contributed by atoms with Crippen LogP contribution in [-0.2, 0) is 9.59 Å². The second kappa shape index (κ2) is 6.22. The number of carbonyl (C=O) groups excluding carboxylic acids is 1. The third-order valence-electron chi connectivity index (χ3n) is 1.46. The van der Waals surface area contributed by atoms with Gasteiger partial charge in [0.2, 0.25) is 5.91 Å². The zero-order valence-electron chi connectivity index (χ0n) is 7.99. The van der Waals surface area contributed by atoms with Gasteiger partial charge in [-0.25, -0.2) is 0 Å². The number of nitrogens with zero attached hydrogens (tertiary/aromatic N) is 1. The normalized spacial score (nSPS) is 10.3. The number of amides is 1. The van der Waals surface area contributed by atoms with Crippen molar-refractivity contribution in [1.29, 1.82) is 0 Å². The van der Waals surface area contributed by atoms with Crippen molar-refractivity contribution in [1.82, 2.24) is 4.90 Å². The van der Waals surface area contributed by atoms with Crippen molar-refractivity contribution >= 4 is 11.9 Å². The second-order valence-electron chi connectivity index (χ2n) is 2.92. The van der Waals surface area contributed by atoms with Gasteiger partial charge in [0.25, 0.3) is 0 Å². The predicted molar refractivity (Wildman–Crippen MR) is 49.3 cm³/mol. The number of carboxylic acids is 1. The van der Waals surface area contributed by atoms with Crippen molar-refractivity contribution in [3.63, 3.8) is 0 Å². The summed E-state index contributed by atoms with van der Waals surface area (Å²) in [4.78, 5) is 22.5. The molecule has 0 rings (SSSR count). The number of allylic oxidation sites excluding steroid dienone is 1. The molecule has 0 aliphatic carbocycles. The van der Waals surface area contributed by atoms with E-state index in [2.05, 4.69) is 0 Å². The highest BCUT2D eigenvalue weighted by Crippen LogP contribution is 1.96. The van der Waals surface area contributed by atoms with E-state index in [-0.39, 0.29) is 12.3 Å². The van der Waals surface area contributed by atoms with Crippen LogP contribution in [0.25, 0.3) is 0 Å². The fraction of sp³-hybridized carbons (Fsp3) is 0.556. The fourth-order valence-electron chi connectivity index (χ4n) is 0.704. The lowest BCUT2D eigenvalue weighted by Crippen LogP contribution is -2.18. The molecule has 4 nitrogen and oxygen atoms in total. The Morgan fingerprint density at radius 3 is 2.46 bits per heavy atom. The van der Waals surface area contributed by atoms with Gasteiger partial charge in [0.15, 0.2) is 0 Å². The minimum Gasteiger partial charge on any atom is -0.481 e. The average molecular weight is 185 g/mol. The summed E-state index contributed by atoms with van der Waals surface area (Å²) in [6.07, 6.45) is 4.52. The van der Waals surface area contributed by atoms with E-state index < -0.39 is 5.97 Å². The zero-order chi connectivity index (χ0) is 10.3. The van der Waals surface area contributed by atoms with Gasteiger partial charge in [-0.1, -0.05) is 6.08 Å². The molecule has 4 heteroatoms.